The molecule has 1 aliphatic rings. The Kier molecular flexibility index (Phi) is 5.30. The van der Waals surface area contributed by atoms with Crippen molar-refractivity contribution < 1.29 is 19.4 Å². The first kappa shape index (κ1) is 15.9. The van der Waals surface area contributed by atoms with Gasteiger partial charge in [0.1, 0.15) is 22.8 Å². The molecule has 2 N–H and O–H groups in total. The minimum atomic E-state index is -1.02. The van der Waals surface area contributed by atoms with E-state index in [1.54, 1.807) is 5.38 Å². The van der Waals surface area contributed by atoms with Gasteiger partial charge in [-0.3, -0.25) is 4.79 Å². The molecule has 0 spiro atoms. The SMILES string of the molecule is CC(C)C[C@@H](NC(=O)c1csc(C2CCCO2)n1)C(=O)O. The van der Waals surface area contributed by atoms with Crippen LogP contribution >= 0.6 is 11.3 Å². The summed E-state index contributed by atoms with van der Waals surface area (Å²) in [5, 5.41) is 14.1. The molecule has 21 heavy (non-hydrogen) atoms. The van der Waals surface area contributed by atoms with Gasteiger partial charge >= 0.3 is 5.97 Å². The Labute approximate surface area is 127 Å². The summed E-state index contributed by atoms with van der Waals surface area (Å²) in [6.07, 6.45) is 2.28. The number of nitrogens with one attached hydrogen (secondary N) is 1. The molecule has 116 valence electrons. The molecular weight excluding hydrogens is 292 g/mol. The van der Waals surface area contributed by atoms with Crippen LogP contribution in [0.2, 0.25) is 0 Å². The second-order valence-corrected chi connectivity index (χ2v) is 6.46. The zero-order chi connectivity index (χ0) is 15.4. The minimum absolute atomic E-state index is 0.0255. The number of thiazole rings is 1. The number of aliphatic carboxylic acids is 1. The Bertz CT molecular complexity index is 509. The highest BCUT2D eigenvalue weighted by Gasteiger charge is 2.25. The molecule has 1 fully saturated rings. The number of carbonyl (C=O) groups is 2. The number of rotatable bonds is 6. The van der Waals surface area contributed by atoms with E-state index >= 15 is 0 Å². The third-order valence-corrected chi connectivity index (χ3v) is 4.21. The van der Waals surface area contributed by atoms with Gasteiger partial charge in [-0.1, -0.05) is 13.8 Å². The fourth-order valence-electron chi connectivity index (χ4n) is 2.24. The fraction of sp³-hybridized carbons (Fsp3) is 0.643. The number of carboxylic acids is 1. The largest absolute Gasteiger partial charge is 0.480 e. The van der Waals surface area contributed by atoms with E-state index in [0.717, 1.165) is 24.5 Å². The van der Waals surface area contributed by atoms with Gasteiger partial charge in [0.25, 0.3) is 5.91 Å². The number of nitrogens with zero attached hydrogens (tertiary/aromatic N) is 1. The summed E-state index contributed by atoms with van der Waals surface area (Å²) in [7, 11) is 0. The molecule has 2 heterocycles. The maximum atomic E-state index is 12.1. The Morgan fingerprint density at radius 3 is 2.90 bits per heavy atom. The first-order valence-electron chi connectivity index (χ1n) is 7.08. The summed E-state index contributed by atoms with van der Waals surface area (Å²) >= 11 is 1.38. The molecule has 2 rings (SSSR count). The number of amides is 1. The summed E-state index contributed by atoms with van der Waals surface area (Å²) in [6.45, 7) is 4.56. The normalized spacial score (nSPS) is 19.7. The van der Waals surface area contributed by atoms with Crippen LogP contribution in [-0.4, -0.2) is 34.6 Å². The van der Waals surface area contributed by atoms with Crippen molar-refractivity contribution in [3.63, 3.8) is 0 Å². The van der Waals surface area contributed by atoms with Gasteiger partial charge in [0.15, 0.2) is 0 Å². The average Bonchev–Trinajstić information content (AvgIpc) is 3.08. The second kappa shape index (κ2) is 7.00. The summed E-state index contributed by atoms with van der Waals surface area (Å²) in [6, 6.07) is -0.884. The molecule has 0 bridgehead atoms. The highest BCUT2D eigenvalue weighted by Crippen LogP contribution is 2.30. The molecule has 0 saturated carbocycles. The zero-order valence-electron chi connectivity index (χ0n) is 12.2. The van der Waals surface area contributed by atoms with Crippen molar-refractivity contribution in [2.24, 2.45) is 5.92 Å². The molecule has 2 atom stereocenters. The summed E-state index contributed by atoms with van der Waals surface area (Å²) < 4.78 is 5.53. The quantitative estimate of drug-likeness (QED) is 0.841. The highest BCUT2D eigenvalue weighted by molar-refractivity contribution is 7.09. The maximum absolute atomic E-state index is 12.1. The van der Waals surface area contributed by atoms with Crippen LogP contribution in [0.4, 0.5) is 0 Å². The van der Waals surface area contributed by atoms with E-state index < -0.39 is 17.9 Å². The number of carboxylic acid groups (broad SMARTS) is 1. The molecule has 1 aromatic rings. The van der Waals surface area contributed by atoms with Crippen LogP contribution in [0.3, 0.4) is 0 Å². The number of hydrogen-bond donors (Lipinski definition) is 2. The van der Waals surface area contributed by atoms with E-state index in [2.05, 4.69) is 10.3 Å². The van der Waals surface area contributed by atoms with E-state index in [9.17, 15) is 9.59 Å². The van der Waals surface area contributed by atoms with Crippen LogP contribution in [0.15, 0.2) is 5.38 Å². The lowest BCUT2D eigenvalue weighted by atomic mass is 10.0. The topological polar surface area (TPSA) is 88.5 Å². The lowest BCUT2D eigenvalue weighted by Crippen LogP contribution is -2.41. The summed E-state index contributed by atoms with van der Waals surface area (Å²) in [4.78, 5) is 27.5. The van der Waals surface area contributed by atoms with Gasteiger partial charge in [-0.2, -0.15) is 0 Å². The van der Waals surface area contributed by atoms with E-state index in [1.807, 2.05) is 13.8 Å². The van der Waals surface area contributed by atoms with Crippen LogP contribution in [-0.2, 0) is 9.53 Å². The Balaban J connectivity index is 2.00. The molecule has 6 nitrogen and oxygen atoms in total. The first-order chi connectivity index (χ1) is 9.97. The Morgan fingerprint density at radius 1 is 1.57 bits per heavy atom. The molecular formula is C14H20N2O4S. The molecule has 1 amide bonds. The van der Waals surface area contributed by atoms with Gasteiger partial charge in [0, 0.05) is 12.0 Å². The third-order valence-electron chi connectivity index (χ3n) is 3.27. The van der Waals surface area contributed by atoms with Gasteiger partial charge in [0.2, 0.25) is 0 Å². The van der Waals surface area contributed by atoms with Gasteiger partial charge in [-0.05, 0) is 25.2 Å². The fourth-order valence-corrected chi connectivity index (χ4v) is 3.12. The van der Waals surface area contributed by atoms with Crippen molar-refractivity contribution in [3.05, 3.63) is 16.1 Å². The number of aromatic nitrogens is 1. The molecule has 1 saturated heterocycles. The van der Waals surface area contributed by atoms with Crippen LogP contribution in [0.5, 0.6) is 0 Å². The van der Waals surface area contributed by atoms with Crippen LogP contribution in [0.25, 0.3) is 0 Å². The predicted octanol–water partition coefficient (Wildman–Crippen LogP) is 2.22. The van der Waals surface area contributed by atoms with Crippen molar-refractivity contribution >= 4 is 23.2 Å². The number of hydrogen-bond acceptors (Lipinski definition) is 5. The maximum Gasteiger partial charge on any atom is 0.326 e. The number of ether oxygens (including phenoxy) is 1. The lowest BCUT2D eigenvalue weighted by Gasteiger charge is -2.15. The summed E-state index contributed by atoms with van der Waals surface area (Å²) in [5.74, 6) is -1.28. The molecule has 1 aliphatic heterocycles. The van der Waals surface area contributed by atoms with Crippen molar-refractivity contribution in [1.82, 2.24) is 10.3 Å². The van der Waals surface area contributed by atoms with E-state index in [1.165, 1.54) is 11.3 Å². The Hall–Kier alpha value is -1.47. The molecule has 7 heteroatoms. The van der Waals surface area contributed by atoms with E-state index in [0.29, 0.717) is 6.42 Å². The van der Waals surface area contributed by atoms with Crippen LogP contribution in [0, 0.1) is 5.92 Å². The first-order valence-corrected chi connectivity index (χ1v) is 7.96. The third kappa shape index (κ3) is 4.25. The minimum Gasteiger partial charge on any atom is -0.480 e. The standard InChI is InChI=1S/C14H20N2O4S/c1-8(2)6-9(14(18)19)15-12(17)10-7-21-13(16-10)11-4-3-5-20-11/h7-9,11H,3-6H2,1-2H3,(H,15,17)(H,18,19)/t9-,11?/m1/s1. The van der Waals surface area contributed by atoms with Crippen molar-refractivity contribution in [1.29, 1.82) is 0 Å². The summed E-state index contributed by atoms with van der Waals surface area (Å²) in [5.41, 5.74) is 0.264. The number of carbonyl (C=O) groups excluding carboxylic acids is 1. The zero-order valence-corrected chi connectivity index (χ0v) is 13.0. The molecule has 0 aromatic carbocycles. The smallest absolute Gasteiger partial charge is 0.326 e. The molecule has 0 radical (unpaired) electrons. The molecule has 0 aliphatic carbocycles. The highest BCUT2D eigenvalue weighted by atomic mass is 32.1. The molecule has 1 aromatic heterocycles. The van der Waals surface area contributed by atoms with Gasteiger partial charge in [-0.25, -0.2) is 9.78 Å². The van der Waals surface area contributed by atoms with Gasteiger partial charge in [-0.15, -0.1) is 11.3 Å². The Morgan fingerprint density at radius 2 is 2.33 bits per heavy atom. The van der Waals surface area contributed by atoms with Crippen molar-refractivity contribution in [2.75, 3.05) is 6.61 Å². The van der Waals surface area contributed by atoms with Crippen molar-refractivity contribution in [2.45, 2.75) is 45.3 Å². The van der Waals surface area contributed by atoms with E-state index in [-0.39, 0.29) is 17.7 Å². The monoisotopic (exact) mass is 312 g/mol. The van der Waals surface area contributed by atoms with Crippen LogP contribution < -0.4 is 5.32 Å². The average molecular weight is 312 g/mol. The van der Waals surface area contributed by atoms with Crippen molar-refractivity contribution in [3.8, 4) is 0 Å². The van der Waals surface area contributed by atoms with Gasteiger partial charge in [0.05, 0.1) is 0 Å². The van der Waals surface area contributed by atoms with Crippen LogP contribution in [0.1, 0.15) is 54.7 Å². The molecule has 1 unspecified atom stereocenters. The van der Waals surface area contributed by atoms with Gasteiger partial charge < -0.3 is 15.2 Å². The predicted molar refractivity (Wildman–Crippen MR) is 78.4 cm³/mol. The second-order valence-electron chi connectivity index (χ2n) is 5.57. The lowest BCUT2D eigenvalue weighted by molar-refractivity contribution is -0.139. The van der Waals surface area contributed by atoms with E-state index in [4.69, 9.17) is 9.84 Å².